The third-order valence-corrected chi connectivity index (χ3v) is 5.49. The summed E-state index contributed by atoms with van der Waals surface area (Å²) in [4.78, 5) is 0. The summed E-state index contributed by atoms with van der Waals surface area (Å²) in [5.41, 5.74) is 7.98. The fraction of sp³-hybridized carbons (Fsp3) is 0.625. The third kappa shape index (κ3) is 2.68. The number of nitrogens with two attached hydrogens (primary N) is 1. The second kappa shape index (κ2) is 6.35. The molecule has 4 heteroatoms. The Hall–Kier alpha value is -0.740. The van der Waals surface area contributed by atoms with Crippen LogP contribution < -0.4 is 15.2 Å². The van der Waals surface area contributed by atoms with Gasteiger partial charge in [-0.1, -0.05) is 35.7 Å². The van der Waals surface area contributed by atoms with E-state index in [-0.39, 0.29) is 11.5 Å². The standard InChI is InChI=1S/C16H24BrNO2/c1-4-16(7-5-6-8-16)15(18)11-9-13(19-2)14(20-3)10-12(11)17/h9-10,15H,4-8,18H2,1-3H3. The van der Waals surface area contributed by atoms with Gasteiger partial charge in [0.15, 0.2) is 11.5 Å². The van der Waals surface area contributed by atoms with Crippen LogP contribution in [0, 0.1) is 5.41 Å². The highest BCUT2D eigenvalue weighted by molar-refractivity contribution is 9.10. The predicted molar refractivity (Wildman–Crippen MR) is 85.4 cm³/mol. The molecule has 3 nitrogen and oxygen atoms in total. The molecular weight excluding hydrogens is 318 g/mol. The summed E-state index contributed by atoms with van der Waals surface area (Å²) in [6, 6.07) is 4.00. The first-order valence-electron chi connectivity index (χ1n) is 7.25. The van der Waals surface area contributed by atoms with Crippen molar-refractivity contribution in [2.24, 2.45) is 11.1 Å². The lowest BCUT2D eigenvalue weighted by Gasteiger charge is -2.35. The molecule has 20 heavy (non-hydrogen) atoms. The van der Waals surface area contributed by atoms with Gasteiger partial charge in [0.05, 0.1) is 14.2 Å². The van der Waals surface area contributed by atoms with Crippen LogP contribution in [0.5, 0.6) is 11.5 Å². The van der Waals surface area contributed by atoms with Gasteiger partial charge in [-0.25, -0.2) is 0 Å². The topological polar surface area (TPSA) is 44.5 Å². The lowest BCUT2D eigenvalue weighted by Crippen LogP contribution is -2.32. The van der Waals surface area contributed by atoms with Crippen LogP contribution in [-0.2, 0) is 0 Å². The highest BCUT2D eigenvalue weighted by atomic mass is 79.9. The Morgan fingerprint density at radius 3 is 2.25 bits per heavy atom. The minimum Gasteiger partial charge on any atom is -0.493 e. The SMILES string of the molecule is CCC1(C(N)c2cc(OC)c(OC)cc2Br)CCCC1. The van der Waals surface area contributed by atoms with E-state index in [2.05, 4.69) is 22.9 Å². The van der Waals surface area contributed by atoms with Crippen LogP contribution in [0.4, 0.5) is 0 Å². The van der Waals surface area contributed by atoms with Crippen molar-refractivity contribution in [1.82, 2.24) is 0 Å². The number of methoxy groups -OCH3 is 2. The number of benzene rings is 1. The van der Waals surface area contributed by atoms with Crippen LogP contribution in [0.3, 0.4) is 0 Å². The zero-order chi connectivity index (χ0) is 14.8. The Morgan fingerprint density at radius 2 is 1.75 bits per heavy atom. The largest absolute Gasteiger partial charge is 0.493 e. The number of halogens is 1. The van der Waals surface area contributed by atoms with Crippen molar-refractivity contribution < 1.29 is 9.47 Å². The molecule has 2 N–H and O–H groups in total. The lowest BCUT2D eigenvalue weighted by atomic mass is 9.74. The van der Waals surface area contributed by atoms with E-state index in [0.717, 1.165) is 28.0 Å². The molecule has 1 unspecified atom stereocenters. The highest BCUT2D eigenvalue weighted by Gasteiger charge is 2.39. The van der Waals surface area contributed by atoms with Gasteiger partial charge in [0, 0.05) is 10.5 Å². The van der Waals surface area contributed by atoms with Crippen molar-refractivity contribution in [3.8, 4) is 11.5 Å². The lowest BCUT2D eigenvalue weighted by molar-refractivity contribution is 0.221. The normalized spacial score (nSPS) is 18.9. The molecule has 0 amide bonds. The van der Waals surface area contributed by atoms with Gasteiger partial charge >= 0.3 is 0 Å². The fourth-order valence-electron chi connectivity index (χ4n) is 3.40. The van der Waals surface area contributed by atoms with E-state index in [0.29, 0.717) is 0 Å². The smallest absolute Gasteiger partial charge is 0.161 e. The van der Waals surface area contributed by atoms with Crippen molar-refractivity contribution in [3.63, 3.8) is 0 Å². The molecule has 1 atom stereocenters. The maximum absolute atomic E-state index is 6.64. The van der Waals surface area contributed by atoms with Gasteiger partial charge in [0.25, 0.3) is 0 Å². The number of ether oxygens (including phenoxy) is 2. The van der Waals surface area contributed by atoms with Gasteiger partial charge in [-0.2, -0.15) is 0 Å². The highest BCUT2D eigenvalue weighted by Crippen LogP contribution is 2.51. The molecule has 112 valence electrons. The first-order chi connectivity index (χ1) is 9.57. The summed E-state index contributed by atoms with van der Waals surface area (Å²) >= 11 is 3.64. The minimum atomic E-state index is 0.0316. The molecule has 0 bridgehead atoms. The molecule has 1 aromatic carbocycles. The summed E-state index contributed by atoms with van der Waals surface area (Å²) in [6.07, 6.45) is 6.12. The maximum Gasteiger partial charge on any atom is 0.161 e. The van der Waals surface area contributed by atoms with Crippen LogP contribution >= 0.6 is 15.9 Å². The van der Waals surface area contributed by atoms with E-state index in [1.165, 1.54) is 25.7 Å². The third-order valence-electron chi connectivity index (χ3n) is 4.80. The molecule has 0 radical (unpaired) electrons. The van der Waals surface area contributed by atoms with Gasteiger partial charge in [0.1, 0.15) is 0 Å². The van der Waals surface area contributed by atoms with Crippen molar-refractivity contribution in [2.45, 2.75) is 45.1 Å². The average molecular weight is 342 g/mol. The van der Waals surface area contributed by atoms with Gasteiger partial charge in [-0.15, -0.1) is 0 Å². The first kappa shape index (κ1) is 15.6. The molecule has 1 aliphatic carbocycles. The maximum atomic E-state index is 6.64. The van der Waals surface area contributed by atoms with Crippen molar-refractivity contribution >= 4 is 15.9 Å². The van der Waals surface area contributed by atoms with Crippen LogP contribution in [-0.4, -0.2) is 14.2 Å². The minimum absolute atomic E-state index is 0.0316. The molecule has 1 aliphatic rings. The van der Waals surface area contributed by atoms with E-state index in [9.17, 15) is 0 Å². The van der Waals surface area contributed by atoms with E-state index < -0.39 is 0 Å². The Bertz CT molecular complexity index is 470. The molecule has 0 aliphatic heterocycles. The molecule has 0 heterocycles. The average Bonchev–Trinajstić information content (AvgIpc) is 2.96. The van der Waals surface area contributed by atoms with Crippen molar-refractivity contribution in [3.05, 3.63) is 22.2 Å². The fourth-order valence-corrected chi connectivity index (χ4v) is 3.97. The monoisotopic (exact) mass is 341 g/mol. The van der Waals surface area contributed by atoms with E-state index in [4.69, 9.17) is 15.2 Å². The Labute approximate surface area is 130 Å². The molecule has 1 fully saturated rings. The molecule has 0 spiro atoms. The number of hydrogen-bond acceptors (Lipinski definition) is 3. The van der Waals surface area contributed by atoms with E-state index in [1.54, 1.807) is 14.2 Å². The molecule has 1 saturated carbocycles. The second-order valence-electron chi connectivity index (χ2n) is 5.63. The Kier molecular flexibility index (Phi) is 4.97. The van der Waals surface area contributed by atoms with Gasteiger partial charge in [0.2, 0.25) is 0 Å². The van der Waals surface area contributed by atoms with Crippen molar-refractivity contribution in [2.75, 3.05) is 14.2 Å². The predicted octanol–water partition coefficient (Wildman–Crippen LogP) is 4.44. The molecular formula is C16H24BrNO2. The Balaban J connectivity index is 2.41. The zero-order valence-corrected chi connectivity index (χ0v) is 14.1. The summed E-state index contributed by atoms with van der Waals surface area (Å²) in [7, 11) is 3.31. The van der Waals surface area contributed by atoms with Gasteiger partial charge in [-0.05, 0) is 42.4 Å². The molecule has 1 aromatic rings. The van der Waals surface area contributed by atoms with Crippen LogP contribution in [0.2, 0.25) is 0 Å². The van der Waals surface area contributed by atoms with E-state index >= 15 is 0 Å². The summed E-state index contributed by atoms with van der Waals surface area (Å²) in [6.45, 7) is 2.25. The van der Waals surface area contributed by atoms with Crippen LogP contribution in [0.25, 0.3) is 0 Å². The summed E-state index contributed by atoms with van der Waals surface area (Å²) in [5.74, 6) is 1.47. The number of rotatable bonds is 5. The summed E-state index contributed by atoms with van der Waals surface area (Å²) in [5, 5.41) is 0. The quantitative estimate of drug-likeness (QED) is 0.861. The van der Waals surface area contributed by atoms with Crippen LogP contribution in [0.15, 0.2) is 16.6 Å². The van der Waals surface area contributed by atoms with Crippen LogP contribution in [0.1, 0.15) is 50.6 Å². The summed E-state index contributed by atoms with van der Waals surface area (Å²) < 4.78 is 11.7. The van der Waals surface area contributed by atoms with Gasteiger partial charge < -0.3 is 15.2 Å². The van der Waals surface area contributed by atoms with Crippen molar-refractivity contribution in [1.29, 1.82) is 0 Å². The molecule has 0 aromatic heterocycles. The Morgan fingerprint density at radius 1 is 1.20 bits per heavy atom. The zero-order valence-electron chi connectivity index (χ0n) is 12.5. The first-order valence-corrected chi connectivity index (χ1v) is 8.04. The van der Waals surface area contributed by atoms with E-state index in [1.807, 2.05) is 12.1 Å². The van der Waals surface area contributed by atoms with Gasteiger partial charge in [-0.3, -0.25) is 0 Å². The molecule has 0 saturated heterocycles. The molecule has 2 rings (SSSR count). The second-order valence-corrected chi connectivity index (χ2v) is 6.48. The number of hydrogen-bond donors (Lipinski definition) is 1.